The van der Waals surface area contributed by atoms with Crippen molar-refractivity contribution in [2.24, 2.45) is 0 Å². The molecular formula is C12H15N3O2S. The van der Waals surface area contributed by atoms with Crippen molar-refractivity contribution in [3.8, 4) is 0 Å². The molecule has 0 saturated heterocycles. The SMILES string of the molecule is CCN(C)S(=O)(=O)c1ccc2nc(N)ccc2c1. The molecule has 0 amide bonds. The third-order valence-electron chi connectivity index (χ3n) is 2.84. The van der Waals surface area contributed by atoms with Gasteiger partial charge in [0.2, 0.25) is 10.0 Å². The van der Waals surface area contributed by atoms with Gasteiger partial charge >= 0.3 is 0 Å². The second-order valence-electron chi connectivity index (χ2n) is 4.01. The van der Waals surface area contributed by atoms with Gasteiger partial charge in [-0.25, -0.2) is 17.7 Å². The third kappa shape index (κ3) is 2.16. The van der Waals surface area contributed by atoms with Crippen LogP contribution in [0.4, 0.5) is 5.82 Å². The van der Waals surface area contributed by atoms with Crippen molar-refractivity contribution in [3.05, 3.63) is 30.3 Å². The lowest BCUT2D eigenvalue weighted by atomic mass is 10.2. The highest BCUT2D eigenvalue weighted by Gasteiger charge is 2.19. The lowest BCUT2D eigenvalue weighted by Gasteiger charge is -2.15. The topological polar surface area (TPSA) is 76.3 Å². The summed E-state index contributed by atoms with van der Waals surface area (Å²) in [5.41, 5.74) is 6.27. The largest absolute Gasteiger partial charge is 0.384 e. The summed E-state index contributed by atoms with van der Waals surface area (Å²) in [6.45, 7) is 2.22. The summed E-state index contributed by atoms with van der Waals surface area (Å²) in [5, 5.41) is 0.759. The van der Waals surface area contributed by atoms with E-state index >= 15 is 0 Å². The van der Waals surface area contributed by atoms with Gasteiger partial charge in [-0.1, -0.05) is 6.92 Å². The molecule has 0 aliphatic rings. The molecule has 0 spiro atoms. The lowest BCUT2D eigenvalue weighted by Crippen LogP contribution is -2.26. The number of sulfonamides is 1. The third-order valence-corrected chi connectivity index (χ3v) is 4.76. The van der Waals surface area contributed by atoms with Crippen LogP contribution in [0.2, 0.25) is 0 Å². The van der Waals surface area contributed by atoms with Gasteiger partial charge in [-0.15, -0.1) is 0 Å². The molecule has 0 bridgehead atoms. The molecule has 0 aliphatic heterocycles. The number of anilines is 1. The van der Waals surface area contributed by atoms with Crippen LogP contribution in [0.25, 0.3) is 10.9 Å². The molecule has 0 atom stereocenters. The molecule has 96 valence electrons. The van der Waals surface area contributed by atoms with Gasteiger partial charge in [0.1, 0.15) is 5.82 Å². The van der Waals surface area contributed by atoms with E-state index in [2.05, 4.69) is 4.98 Å². The zero-order valence-electron chi connectivity index (χ0n) is 10.3. The Bertz CT molecular complexity index is 683. The Morgan fingerprint density at radius 2 is 2.00 bits per heavy atom. The highest BCUT2D eigenvalue weighted by atomic mass is 32.2. The summed E-state index contributed by atoms with van der Waals surface area (Å²) in [4.78, 5) is 4.40. The Balaban J connectivity index is 2.58. The van der Waals surface area contributed by atoms with Gasteiger partial charge in [-0.2, -0.15) is 0 Å². The molecule has 1 aromatic carbocycles. The molecule has 0 unspecified atom stereocenters. The average Bonchev–Trinajstić information content (AvgIpc) is 2.36. The number of fused-ring (bicyclic) bond motifs is 1. The van der Waals surface area contributed by atoms with Crippen LogP contribution in [-0.4, -0.2) is 31.3 Å². The van der Waals surface area contributed by atoms with Crippen LogP contribution in [-0.2, 0) is 10.0 Å². The number of hydrogen-bond acceptors (Lipinski definition) is 4. The van der Waals surface area contributed by atoms with Crippen molar-refractivity contribution < 1.29 is 8.42 Å². The van der Waals surface area contributed by atoms with Crippen molar-refractivity contribution in [1.82, 2.24) is 9.29 Å². The Kier molecular flexibility index (Phi) is 3.23. The number of pyridine rings is 1. The van der Waals surface area contributed by atoms with Crippen LogP contribution < -0.4 is 5.73 Å². The summed E-state index contributed by atoms with van der Waals surface area (Å²) in [7, 11) is -1.86. The van der Waals surface area contributed by atoms with Gasteiger partial charge in [-0.3, -0.25) is 0 Å². The molecule has 0 fully saturated rings. The number of nitrogens with two attached hydrogens (primary N) is 1. The smallest absolute Gasteiger partial charge is 0.242 e. The molecule has 6 heteroatoms. The van der Waals surface area contributed by atoms with Crippen molar-refractivity contribution in [1.29, 1.82) is 0 Å². The first kappa shape index (κ1) is 12.8. The van der Waals surface area contributed by atoms with Crippen LogP contribution in [0.1, 0.15) is 6.92 Å². The highest BCUT2D eigenvalue weighted by Crippen LogP contribution is 2.20. The lowest BCUT2D eigenvalue weighted by molar-refractivity contribution is 0.486. The molecule has 18 heavy (non-hydrogen) atoms. The number of benzene rings is 1. The fourth-order valence-electron chi connectivity index (χ4n) is 1.63. The predicted molar refractivity (Wildman–Crippen MR) is 71.6 cm³/mol. The van der Waals surface area contributed by atoms with Gasteiger partial charge in [0.25, 0.3) is 0 Å². The van der Waals surface area contributed by atoms with E-state index in [9.17, 15) is 8.42 Å². The number of aromatic nitrogens is 1. The minimum atomic E-state index is -3.42. The molecule has 5 nitrogen and oxygen atoms in total. The van der Waals surface area contributed by atoms with E-state index in [0.29, 0.717) is 17.9 Å². The van der Waals surface area contributed by atoms with Crippen molar-refractivity contribution in [2.45, 2.75) is 11.8 Å². The monoisotopic (exact) mass is 265 g/mol. The second-order valence-corrected chi connectivity index (χ2v) is 6.05. The molecule has 0 saturated carbocycles. The quantitative estimate of drug-likeness (QED) is 0.911. The second kappa shape index (κ2) is 4.55. The summed E-state index contributed by atoms with van der Waals surface area (Å²) < 4.78 is 25.6. The maximum Gasteiger partial charge on any atom is 0.242 e. The van der Waals surface area contributed by atoms with E-state index in [4.69, 9.17) is 5.73 Å². The first-order valence-corrected chi connectivity index (χ1v) is 7.02. The summed E-state index contributed by atoms with van der Waals surface area (Å²) in [5.74, 6) is 0.420. The molecule has 1 aromatic heterocycles. The van der Waals surface area contributed by atoms with Crippen molar-refractivity contribution >= 4 is 26.7 Å². The maximum absolute atomic E-state index is 12.2. The van der Waals surface area contributed by atoms with Gasteiger partial charge in [0.05, 0.1) is 10.4 Å². The van der Waals surface area contributed by atoms with Crippen molar-refractivity contribution in [2.75, 3.05) is 19.3 Å². The molecule has 0 aliphatic carbocycles. The Hall–Kier alpha value is -1.66. The highest BCUT2D eigenvalue weighted by molar-refractivity contribution is 7.89. The van der Waals surface area contributed by atoms with E-state index in [-0.39, 0.29) is 4.90 Å². The van der Waals surface area contributed by atoms with Crippen LogP contribution in [0.15, 0.2) is 35.2 Å². The van der Waals surface area contributed by atoms with Crippen LogP contribution in [0.3, 0.4) is 0 Å². The minimum absolute atomic E-state index is 0.269. The number of nitrogens with zero attached hydrogens (tertiary/aromatic N) is 2. The summed E-state index contributed by atoms with van der Waals surface area (Å²) in [6.07, 6.45) is 0. The summed E-state index contributed by atoms with van der Waals surface area (Å²) in [6, 6.07) is 8.26. The molecule has 2 rings (SSSR count). The fourth-order valence-corrected chi connectivity index (χ4v) is 2.85. The number of nitrogen functional groups attached to an aromatic ring is 1. The van der Waals surface area contributed by atoms with E-state index in [1.807, 2.05) is 0 Å². The zero-order chi connectivity index (χ0) is 13.3. The molecular weight excluding hydrogens is 250 g/mol. The molecule has 1 heterocycles. The van der Waals surface area contributed by atoms with E-state index in [1.165, 1.54) is 4.31 Å². The molecule has 2 aromatic rings. The Morgan fingerprint density at radius 1 is 1.28 bits per heavy atom. The first-order valence-electron chi connectivity index (χ1n) is 5.58. The van der Waals surface area contributed by atoms with Gasteiger partial charge in [0.15, 0.2) is 0 Å². The van der Waals surface area contributed by atoms with Crippen LogP contribution in [0.5, 0.6) is 0 Å². The fraction of sp³-hybridized carbons (Fsp3) is 0.250. The standard InChI is InChI=1S/C12H15N3O2S/c1-3-15(2)18(16,17)10-5-6-11-9(8-10)4-7-12(13)14-11/h4-8H,3H2,1-2H3,(H2,13,14). The Labute approximate surface area is 106 Å². The van der Waals surface area contributed by atoms with Crippen LogP contribution in [0, 0.1) is 0 Å². The van der Waals surface area contributed by atoms with Crippen LogP contribution >= 0.6 is 0 Å². The minimum Gasteiger partial charge on any atom is -0.384 e. The number of hydrogen-bond donors (Lipinski definition) is 1. The zero-order valence-corrected chi connectivity index (χ0v) is 11.1. The predicted octanol–water partition coefficient (Wildman–Crippen LogP) is 1.46. The maximum atomic E-state index is 12.2. The number of rotatable bonds is 3. The van der Waals surface area contributed by atoms with E-state index < -0.39 is 10.0 Å². The van der Waals surface area contributed by atoms with Gasteiger partial charge in [-0.05, 0) is 30.3 Å². The average molecular weight is 265 g/mol. The van der Waals surface area contributed by atoms with Gasteiger partial charge in [0, 0.05) is 19.0 Å². The first-order chi connectivity index (χ1) is 8.45. The van der Waals surface area contributed by atoms with E-state index in [1.54, 1.807) is 44.3 Å². The molecule has 2 N–H and O–H groups in total. The van der Waals surface area contributed by atoms with Crippen molar-refractivity contribution in [3.63, 3.8) is 0 Å². The van der Waals surface area contributed by atoms with E-state index in [0.717, 1.165) is 5.39 Å². The Morgan fingerprint density at radius 3 is 2.67 bits per heavy atom. The normalized spacial score (nSPS) is 12.2. The summed E-state index contributed by atoms with van der Waals surface area (Å²) >= 11 is 0. The molecule has 0 radical (unpaired) electrons. The van der Waals surface area contributed by atoms with Gasteiger partial charge < -0.3 is 5.73 Å².